The van der Waals surface area contributed by atoms with Gasteiger partial charge in [-0.15, -0.1) is 0 Å². The van der Waals surface area contributed by atoms with Crippen molar-refractivity contribution in [2.45, 2.75) is 36.0 Å². The Labute approximate surface area is 174 Å². The quantitative estimate of drug-likeness (QED) is 0.683. The Kier molecular flexibility index (Phi) is 5.27. The topological polar surface area (TPSA) is 63.7 Å². The van der Waals surface area contributed by atoms with Crippen LogP contribution in [0.2, 0.25) is 5.02 Å². The van der Waals surface area contributed by atoms with Crippen LogP contribution in [0.15, 0.2) is 41.3 Å². The summed E-state index contributed by atoms with van der Waals surface area (Å²) in [5.74, 6) is -0.525. The summed E-state index contributed by atoms with van der Waals surface area (Å²) in [6, 6.07) is 9.52. The zero-order valence-electron chi connectivity index (χ0n) is 15.9. The van der Waals surface area contributed by atoms with E-state index in [2.05, 4.69) is 4.90 Å². The minimum atomic E-state index is -3.44. The number of benzene rings is 2. The third-order valence-electron chi connectivity index (χ3n) is 5.80. The summed E-state index contributed by atoms with van der Waals surface area (Å²) in [6.07, 6.45) is 2.60. The van der Waals surface area contributed by atoms with Crippen LogP contribution in [0.1, 0.15) is 35.6 Å². The molecule has 0 radical (unpaired) electrons. The molecular formula is C21H21ClFNO4S. The second-order valence-electron chi connectivity index (χ2n) is 7.70. The summed E-state index contributed by atoms with van der Waals surface area (Å²) >= 11 is 6.18. The van der Waals surface area contributed by atoms with Gasteiger partial charge in [-0.1, -0.05) is 23.7 Å². The number of halogens is 2. The molecule has 1 spiro atoms. The lowest BCUT2D eigenvalue weighted by Gasteiger charge is -2.39. The first-order chi connectivity index (χ1) is 13.7. The Bertz CT molecular complexity index is 1060. The van der Waals surface area contributed by atoms with E-state index in [-0.39, 0.29) is 4.90 Å². The molecule has 29 heavy (non-hydrogen) atoms. The van der Waals surface area contributed by atoms with E-state index in [0.717, 1.165) is 29.7 Å². The molecule has 0 N–H and O–H groups in total. The lowest BCUT2D eigenvalue weighted by Crippen LogP contribution is -2.42. The molecule has 0 bridgehead atoms. The van der Waals surface area contributed by atoms with Gasteiger partial charge in [0.1, 0.15) is 11.9 Å². The van der Waals surface area contributed by atoms with Gasteiger partial charge in [-0.2, -0.15) is 0 Å². The van der Waals surface area contributed by atoms with Crippen molar-refractivity contribution < 1.29 is 22.3 Å². The Morgan fingerprint density at radius 2 is 1.97 bits per heavy atom. The van der Waals surface area contributed by atoms with Crippen molar-refractivity contribution in [2.75, 3.05) is 19.3 Å². The smallest absolute Gasteiger partial charge is 0.175 e. The normalized spacial score (nSPS) is 21.3. The van der Waals surface area contributed by atoms with Crippen LogP contribution < -0.4 is 0 Å². The number of ether oxygens (including phenoxy) is 1. The van der Waals surface area contributed by atoms with Gasteiger partial charge >= 0.3 is 0 Å². The molecule has 0 amide bonds. The number of hydrogen-bond acceptors (Lipinski definition) is 5. The standard InChI is InChI=1S/C21H21ClFNO4S/c1-29(26,27)16-4-2-14(19(23)11-16)12-24-8-6-21(7-9-24)18-10-15(22)3-5-17(18)20(13-25)28-21/h2-5,10-11,13,20H,6-9,12H2,1H3. The van der Waals surface area contributed by atoms with E-state index >= 15 is 0 Å². The molecule has 4 rings (SSSR count). The molecule has 1 saturated heterocycles. The van der Waals surface area contributed by atoms with Gasteiger partial charge in [0.25, 0.3) is 0 Å². The van der Waals surface area contributed by atoms with E-state index in [1.54, 1.807) is 6.07 Å². The molecule has 0 aliphatic carbocycles. The second kappa shape index (κ2) is 7.47. The van der Waals surface area contributed by atoms with Crippen LogP contribution in [-0.2, 0) is 31.5 Å². The first-order valence-corrected chi connectivity index (χ1v) is 11.6. The lowest BCUT2D eigenvalue weighted by atomic mass is 9.83. The van der Waals surface area contributed by atoms with Gasteiger partial charge in [0, 0.05) is 36.5 Å². The Hall–Kier alpha value is -1.80. The summed E-state index contributed by atoms with van der Waals surface area (Å²) < 4.78 is 43.7. The number of sulfone groups is 1. The molecule has 1 atom stereocenters. The maximum absolute atomic E-state index is 14.4. The lowest BCUT2D eigenvalue weighted by molar-refractivity contribution is -0.137. The number of rotatable bonds is 4. The highest BCUT2D eigenvalue weighted by atomic mass is 35.5. The first-order valence-electron chi connectivity index (χ1n) is 9.36. The van der Waals surface area contributed by atoms with E-state index in [9.17, 15) is 17.6 Å². The number of piperidine rings is 1. The van der Waals surface area contributed by atoms with Gasteiger partial charge in [-0.25, -0.2) is 12.8 Å². The minimum Gasteiger partial charge on any atom is -0.355 e. The van der Waals surface area contributed by atoms with Gasteiger partial charge in [-0.3, -0.25) is 4.90 Å². The second-order valence-corrected chi connectivity index (χ2v) is 10.2. The SMILES string of the molecule is CS(=O)(=O)c1ccc(CN2CCC3(CC2)OC(C=O)c2ccc(Cl)cc23)c(F)c1. The number of likely N-dealkylation sites (tertiary alicyclic amines) is 1. The number of nitrogens with zero attached hydrogens (tertiary/aromatic N) is 1. The Balaban J connectivity index is 1.50. The van der Waals surface area contributed by atoms with E-state index in [1.807, 2.05) is 12.1 Å². The van der Waals surface area contributed by atoms with Crippen molar-refractivity contribution in [1.29, 1.82) is 0 Å². The monoisotopic (exact) mass is 437 g/mol. The molecular weight excluding hydrogens is 417 g/mol. The molecule has 5 nitrogen and oxygen atoms in total. The highest BCUT2D eigenvalue weighted by Gasteiger charge is 2.46. The highest BCUT2D eigenvalue weighted by molar-refractivity contribution is 7.90. The third kappa shape index (κ3) is 3.84. The Morgan fingerprint density at radius 1 is 1.24 bits per heavy atom. The van der Waals surface area contributed by atoms with Crippen LogP contribution in [0.25, 0.3) is 0 Å². The van der Waals surface area contributed by atoms with Crippen molar-refractivity contribution in [3.63, 3.8) is 0 Å². The minimum absolute atomic E-state index is 0.0240. The largest absolute Gasteiger partial charge is 0.355 e. The van der Waals surface area contributed by atoms with E-state index in [4.69, 9.17) is 16.3 Å². The molecule has 1 fully saturated rings. The van der Waals surface area contributed by atoms with E-state index < -0.39 is 27.4 Å². The average Bonchev–Trinajstić information content (AvgIpc) is 2.97. The molecule has 0 saturated carbocycles. The number of hydrogen-bond donors (Lipinski definition) is 0. The fourth-order valence-corrected chi connectivity index (χ4v) is 5.03. The van der Waals surface area contributed by atoms with Crippen molar-refractivity contribution in [2.24, 2.45) is 0 Å². The van der Waals surface area contributed by atoms with Crippen LogP contribution in [0.3, 0.4) is 0 Å². The summed E-state index contributed by atoms with van der Waals surface area (Å²) in [6.45, 7) is 1.70. The molecule has 2 aliphatic heterocycles. The van der Waals surface area contributed by atoms with Crippen LogP contribution in [-0.4, -0.2) is 38.9 Å². The molecule has 154 valence electrons. The summed E-state index contributed by atoms with van der Waals surface area (Å²) in [4.78, 5) is 13.5. The number of carbonyl (C=O) groups excluding carboxylic acids is 1. The van der Waals surface area contributed by atoms with Crippen molar-refractivity contribution in [3.8, 4) is 0 Å². The van der Waals surface area contributed by atoms with Crippen molar-refractivity contribution in [1.82, 2.24) is 4.90 Å². The van der Waals surface area contributed by atoms with Gasteiger partial charge < -0.3 is 9.53 Å². The van der Waals surface area contributed by atoms with Gasteiger partial charge in [0.05, 0.1) is 10.5 Å². The predicted molar refractivity (Wildman–Crippen MR) is 107 cm³/mol. The van der Waals surface area contributed by atoms with Crippen LogP contribution >= 0.6 is 11.6 Å². The average molecular weight is 438 g/mol. The number of carbonyl (C=O) groups is 1. The first kappa shape index (κ1) is 20.5. The fourth-order valence-electron chi connectivity index (χ4n) is 4.23. The molecule has 2 aliphatic rings. The third-order valence-corrected chi connectivity index (χ3v) is 7.14. The molecule has 1 unspecified atom stereocenters. The van der Waals surface area contributed by atoms with E-state index in [1.165, 1.54) is 12.1 Å². The molecule has 8 heteroatoms. The van der Waals surface area contributed by atoms with Crippen LogP contribution in [0, 0.1) is 5.82 Å². The van der Waals surface area contributed by atoms with E-state index in [0.29, 0.717) is 43.1 Å². The zero-order valence-corrected chi connectivity index (χ0v) is 17.5. The van der Waals surface area contributed by atoms with Gasteiger partial charge in [0.2, 0.25) is 0 Å². The predicted octanol–water partition coefficient (Wildman–Crippen LogP) is 3.64. The molecule has 0 aromatic heterocycles. The number of aldehydes is 1. The van der Waals surface area contributed by atoms with Crippen LogP contribution in [0.5, 0.6) is 0 Å². The summed E-state index contributed by atoms with van der Waals surface area (Å²) in [5.41, 5.74) is 1.72. The van der Waals surface area contributed by atoms with Crippen molar-refractivity contribution >= 4 is 27.7 Å². The fraction of sp³-hybridized carbons (Fsp3) is 0.381. The maximum Gasteiger partial charge on any atom is 0.175 e. The maximum atomic E-state index is 14.4. The van der Waals surface area contributed by atoms with Crippen molar-refractivity contribution in [3.05, 3.63) is 63.9 Å². The zero-order chi connectivity index (χ0) is 20.8. The highest BCUT2D eigenvalue weighted by Crippen LogP contribution is 2.49. The van der Waals surface area contributed by atoms with Crippen LogP contribution in [0.4, 0.5) is 4.39 Å². The van der Waals surface area contributed by atoms with Gasteiger partial charge in [-0.05, 0) is 48.2 Å². The Morgan fingerprint density at radius 3 is 2.59 bits per heavy atom. The molecule has 2 aromatic carbocycles. The molecule has 2 heterocycles. The van der Waals surface area contributed by atoms with Gasteiger partial charge in [0.15, 0.2) is 16.1 Å². The number of fused-ring (bicyclic) bond motifs is 2. The summed E-state index contributed by atoms with van der Waals surface area (Å²) in [5, 5.41) is 0.605. The summed E-state index contributed by atoms with van der Waals surface area (Å²) in [7, 11) is -3.44. The molecule has 2 aromatic rings.